The van der Waals surface area contributed by atoms with Gasteiger partial charge in [0.25, 0.3) is 5.91 Å². The molecule has 0 aromatic heterocycles. The van der Waals surface area contributed by atoms with Gasteiger partial charge in [0.2, 0.25) is 0 Å². The first kappa shape index (κ1) is 20.1. The number of methoxy groups -OCH3 is 1. The molecule has 1 aliphatic heterocycles. The molecular formula is C20H20BrFN2O4. The molecule has 1 aliphatic rings. The van der Waals surface area contributed by atoms with Crippen LogP contribution in [0.2, 0.25) is 0 Å². The molecule has 0 spiro atoms. The van der Waals surface area contributed by atoms with Crippen LogP contribution in [-0.2, 0) is 9.53 Å². The predicted octanol–water partition coefficient (Wildman–Crippen LogP) is 3.10. The molecule has 0 unspecified atom stereocenters. The highest BCUT2D eigenvalue weighted by Crippen LogP contribution is 2.23. The van der Waals surface area contributed by atoms with Crippen LogP contribution in [0.4, 0.5) is 10.1 Å². The third-order valence-corrected chi connectivity index (χ3v) is 5.24. The molecule has 2 aromatic rings. The van der Waals surface area contributed by atoms with E-state index in [4.69, 9.17) is 9.47 Å². The van der Waals surface area contributed by atoms with E-state index in [0.717, 1.165) is 5.69 Å². The second kappa shape index (κ2) is 9.05. The molecule has 1 fully saturated rings. The predicted molar refractivity (Wildman–Crippen MR) is 106 cm³/mol. The van der Waals surface area contributed by atoms with Crippen LogP contribution in [0.25, 0.3) is 0 Å². The number of nitrogens with zero attached hydrogens (tertiary/aromatic N) is 2. The average molecular weight is 451 g/mol. The number of rotatable bonds is 5. The lowest BCUT2D eigenvalue weighted by Crippen LogP contribution is -2.49. The second-order valence-corrected chi connectivity index (χ2v) is 7.12. The number of hydrogen-bond donors (Lipinski definition) is 0. The zero-order valence-corrected chi connectivity index (χ0v) is 16.9. The monoisotopic (exact) mass is 450 g/mol. The second-order valence-electron chi connectivity index (χ2n) is 6.27. The van der Waals surface area contributed by atoms with Crippen LogP contribution in [0.5, 0.6) is 5.75 Å². The van der Waals surface area contributed by atoms with E-state index in [9.17, 15) is 14.0 Å². The maximum Gasteiger partial charge on any atom is 0.339 e. The van der Waals surface area contributed by atoms with Crippen molar-refractivity contribution in [2.75, 3.05) is 44.8 Å². The van der Waals surface area contributed by atoms with E-state index in [2.05, 4.69) is 20.8 Å². The van der Waals surface area contributed by atoms with Gasteiger partial charge in [-0.2, -0.15) is 0 Å². The summed E-state index contributed by atoms with van der Waals surface area (Å²) >= 11 is 3.30. The highest BCUT2D eigenvalue weighted by atomic mass is 79.9. The number of anilines is 1. The Kier molecular flexibility index (Phi) is 6.51. The molecule has 0 aliphatic carbocycles. The summed E-state index contributed by atoms with van der Waals surface area (Å²) in [5.41, 5.74) is 1.22. The fraction of sp³-hybridized carbons (Fsp3) is 0.300. The molecule has 1 amide bonds. The highest BCUT2D eigenvalue weighted by molar-refractivity contribution is 9.10. The van der Waals surface area contributed by atoms with Crippen molar-refractivity contribution in [3.63, 3.8) is 0 Å². The Labute approximate surface area is 171 Å². The largest absolute Gasteiger partial charge is 0.497 e. The van der Waals surface area contributed by atoms with Crippen LogP contribution >= 0.6 is 15.9 Å². The van der Waals surface area contributed by atoms with Crippen LogP contribution in [0.1, 0.15) is 10.4 Å². The van der Waals surface area contributed by atoms with Crippen molar-refractivity contribution in [2.24, 2.45) is 0 Å². The van der Waals surface area contributed by atoms with Gasteiger partial charge in [0.15, 0.2) is 6.61 Å². The maximum atomic E-state index is 13.0. The van der Waals surface area contributed by atoms with Gasteiger partial charge in [0.05, 0.1) is 12.7 Å². The quantitative estimate of drug-likeness (QED) is 0.655. The Morgan fingerprint density at radius 3 is 2.39 bits per heavy atom. The first-order chi connectivity index (χ1) is 13.5. The number of ether oxygens (including phenoxy) is 2. The molecule has 0 N–H and O–H groups in total. The minimum absolute atomic E-state index is 0.244. The topological polar surface area (TPSA) is 59.1 Å². The highest BCUT2D eigenvalue weighted by Gasteiger charge is 2.23. The Morgan fingerprint density at radius 2 is 1.75 bits per heavy atom. The normalized spacial score (nSPS) is 14.0. The molecular weight excluding hydrogens is 431 g/mol. The molecule has 1 heterocycles. The summed E-state index contributed by atoms with van der Waals surface area (Å²) in [5.74, 6) is -0.587. The van der Waals surface area contributed by atoms with Crippen LogP contribution in [0, 0.1) is 5.82 Å². The van der Waals surface area contributed by atoms with Gasteiger partial charge < -0.3 is 19.3 Å². The van der Waals surface area contributed by atoms with Crippen molar-refractivity contribution in [3.8, 4) is 5.75 Å². The van der Waals surface area contributed by atoms with Crippen molar-refractivity contribution in [3.05, 3.63) is 58.3 Å². The van der Waals surface area contributed by atoms with Gasteiger partial charge in [-0.15, -0.1) is 0 Å². The lowest BCUT2D eigenvalue weighted by Gasteiger charge is -2.36. The van der Waals surface area contributed by atoms with E-state index < -0.39 is 5.97 Å². The number of amides is 1. The van der Waals surface area contributed by atoms with Gasteiger partial charge in [-0.05, 0) is 58.4 Å². The number of halogens is 2. The van der Waals surface area contributed by atoms with Gasteiger partial charge in [-0.3, -0.25) is 4.79 Å². The molecule has 8 heteroatoms. The van der Waals surface area contributed by atoms with Crippen LogP contribution in [0.15, 0.2) is 46.9 Å². The standard InChI is InChI=1S/C20H20BrFN2O4/c1-27-16-6-7-18(21)17(12-16)20(26)28-13-19(25)24-10-8-23(9-11-24)15-4-2-14(22)3-5-15/h2-7,12H,8-11,13H2,1H3. The minimum atomic E-state index is -0.593. The summed E-state index contributed by atoms with van der Waals surface area (Å²) in [5, 5.41) is 0. The number of hydrogen-bond acceptors (Lipinski definition) is 5. The summed E-state index contributed by atoms with van der Waals surface area (Å²) in [6, 6.07) is 11.2. The number of piperazine rings is 1. The lowest BCUT2D eigenvalue weighted by molar-refractivity contribution is -0.134. The van der Waals surface area contributed by atoms with E-state index in [0.29, 0.717) is 42.0 Å². The van der Waals surface area contributed by atoms with Crippen molar-refractivity contribution >= 4 is 33.5 Å². The molecule has 3 rings (SSSR count). The summed E-state index contributed by atoms with van der Waals surface area (Å²) < 4.78 is 23.9. The fourth-order valence-electron chi connectivity index (χ4n) is 2.95. The van der Waals surface area contributed by atoms with Gasteiger partial charge in [0.1, 0.15) is 11.6 Å². The third-order valence-electron chi connectivity index (χ3n) is 4.54. The summed E-state index contributed by atoms with van der Waals surface area (Å²) in [6.45, 7) is 1.96. The molecule has 1 saturated heterocycles. The smallest absolute Gasteiger partial charge is 0.339 e. The van der Waals surface area contributed by atoms with Crippen LogP contribution < -0.4 is 9.64 Å². The number of benzene rings is 2. The average Bonchev–Trinajstić information content (AvgIpc) is 2.73. The first-order valence-corrected chi connectivity index (χ1v) is 9.56. The molecule has 0 atom stereocenters. The zero-order chi connectivity index (χ0) is 20.1. The summed E-state index contributed by atoms with van der Waals surface area (Å²) in [6.07, 6.45) is 0. The lowest BCUT2D eigenvalue weighted by atomic mass is 10.2. The molecule has 0 saturated carbocycles. The Hall–Kier alpha value is -2.61. The molecule has 6 nitrogen and oxygen atoms in total. The Morgan fingerprint density at radius 1 is 1.07 bits per heavy atom. The zero-order valence-electron chi connectivity index (χ0n) is 15.4. The van der Waals surface area contributed by atoms with Gasteiger partial charge in [-0.25, -0.2) is 9.18 Å². The third kappa shape index (κ3) is 4.81. The number of carbonyl (C=O) groups excluding carboxylic acids is 2. The van der Waals surface area contributed by atoms with Gasteiger partial charge >= 0.3 is 5.97 Å². The maximum absolute atomic E-state index is 13.0. The summed E-state index contributed by atoms with van der Waals surface area (Å²) in [7, 11) is 1.51. The van der Waals surface area contributed by atoms with Crippen molar-refractivity contribution in [2.45, 2.75) is 0 Å². The molecule has 28 heavy (non-hydrogen) atoms. The van der Waals surface area contributed by atoms with Crippen molar-refractivity contribution in [1.82, 2.24) is 4.90 Å². The minimum Gasteiger partial charge on any atom is -0.497 e. The molecule has 2 aromatic carbocycles. The van der Waals surface area contributed by atoms with E-state index >= 15 is 0 Å². The molecule has 0 radical (unpaired) electrons. The van der Waals surface area contributed by atoms with Crippen molar-refractivity contribution in [1.29, 1.82) is 0 Å². The van der Waals surface area contributed by atoms with Gasteiger partial charge in [-0.1, -0.05) is 0 Å². The summed E-state index contributed by atoms with van der Waals surface area (Å²) in [4.78, 5) is 28.4. The fourth-order valence-corrected chi connectivity index (χ4v) is 3.36. The SMILES string of the molecule is COc1ccc(Br)c(C(=O)OCC(=O)N2CCN(c3ccc(F)cc3)CC2)c1. The number of carbonyl (C=O) groups is 2. The van der Waals surface area contributed by atoms with Crippen LogP contribution in [0.3, 0.4) is 0 Å². The Balaban J connectivity index is 1.51. The van der Waals surface area contributed by atoms with E-state index in [-0.39, 0.29) is 18.3 Å². The van der Waals surface area contributed by atoms with Gasteiger partial charge in [0, 0.05) is 36.3 Å². The Bertz CT molecular complexity index is 852. The van der Waals surface area contributed by atoms with E-state index in [1.807, 2.05) is 0 Å². The first-order valence-electron chi connectivity index (χ1n) is 8.77. The van der Waals surface area contributed by atoms with Crippen molar-refractivity contribution < 1.29 is 23.5 Å². The molecule has 148 valence electrons. The van der Waals surface area contributed by atoms with Crippen LogP contribution in [-0.4, -0.2) is 56.7 Å². The molecule has 0 bridgehead atoms. The van der Waals surface area contributed by atoms with E-state index in [1.165, 1.54) is 19.2 Å². The number of esters is 1. The van der Waals surface area contributed by atoms with E-state index in [1.54, 1.807) is 35.2 Å².